The summed E-state index contributed by atoms with van der Waals surface area (Å²) in [4.78, 5) is 7.16. The van der Waals surface area contributed by atoms with Gasteiger partial charge >= 0.3 is 0 Å². The van der Waals surface area contributed by atoms with Crippen LogP contribution in [0.1, 0.15) is 24.3 Å². The summed E-state index contributed by atoms with van der Waals surface area (Å²) in [5, 5.41) is 4.27. The molecule has 4 heteroatoms. The number of piperidine rings is 1. The Kier molecular flexibility index (Phi) is 2.36. The molecule has 0 aromatic carbocycles. The lowest BCUT2D eigenvalue weighted by molar-refractivity contribution is 0.462. The van der Waals surface area contributed by atoms with Gasteiger partial charge in [0.2, 0.25) is 0 Å². The largest absolute Gasteiger partial charge is 0.346 e. The molecular weight excluding hydrogens is 205 g/mol. The molecule has 0 atom stereocenters. The van der Waals surface area contributed by atoms with Crippen LogP contribution in [-0.2, 0) is 0 Å². The third kappa shape index (κ3) is 1.59. The first kappa shape index (κ1) is 9.78. The molecule has 3 heterocycles. The summed E-state index contributed by atoms with van der Waals surface area (Å²) >= 11 is 0. The minimum Gasteiger partial charge on any atom is -0.346 e. The van der Waals surface area contributed by atoms with Crippen LogP contribution in [0.3, 0.4) is 0 Å². The molecule has 16 heavy (non-hydrogen) atoms. The zero-order valence-electron chi connectivity index (χ0n) is 8.96. The lowest BCUT2D eigenvalue weighted by Crippen LogP contribution is -2.26. The predicted octanol–water partition coefficient (Wildman–Crippen LogP) is 2.17. The molecule has 0 spiro atoms. The van der Waals surface area contributed by atoms with Crippen LogP contribution in [0.2, 0.25) is 0 Å². The van der Waals surface area contributed by atoms with Crippen molar-refractivity contribution in [3.05, 3.63) is 29.8 Å². The Bertz CT molecular complexity index is 500. The molecule has 1 saturated heterocycles. The van der Waals surface area contributed by atoms with Gasteiger partial charge in [-0.15, -0.1) is 0 Å². The molecule has 2 aromatic rings. The second-order valence-electron chi connectivity index (χ2n) is 4.32. The van der Waals surface area contributed by atoms with E-state index in [4.69, 9.17) is 0 Å². The van der Waals surface area contributed by atoms with Crippen molar-refractivity contribution in [2.45, 2.75) is 18.8 Å². The maximum Gasteiger partial charge on any atom is 0.142 e. The van der Waals surface area contributed by atoms with Gasteiger partial charge in [0.1, 0.15) is 11.5 Å². The lowest BCUT2D eigenvalue weighted by atomic mass is 9.90. The van der Waals surface area contributed by atoms with E-state index < -0.39 is 0 Å². The van der Waals surface area contributed by atoms with Gasteiger partial charge in [0, 0.05) is 11.6 Å². The summed E-state index contributed by atoms with van der Waals surface area (Å²) in [6.07, 6.45) is 5.46. The normalized spacial score (nSPS) is 18.1. The van der Waals surface area contributed by atoms with Gasteiger partial charge in [-0.05, 0) is 43.5 Å². The summed E-state index contributed by atoms with van der Waals surface area (Å²) in [5.74, 6) is 0.265. The van der Waals surface area contributed by atoms with E-state index in [-0.39, 0.29) is 5.82 Å². The molecule has 3 nitrogen and oxygen atoms in total. The first-order chi connectivity index (χ1) is 7.84. The fraction of sp³-hybridized carbons (Fsp3) is 0.417. The van der Waals surface area contributed by atoms with Crippen molar-refractivity contribution in [3.8, 4) is 0 Å². The van der Waals surface area contributed by atoms with Gasteiger partial charge in [-0.25, -0.2) is 9.37 Å². The van der Waals surface area contributed by atoms with E-state index in [1.165, 1.54) is 11.8 Å². The number of nitrogens with one attached hydrogen (secondary N) is 2. The van der Waals surface area contributed by atoms with Crippen molar-refractivity contribution in [2.24, 2.45) is 0 Å². The van der Waals surface area contributed by atoms with E-state index in [0.717, 1.165) is 37.0 Å². The molecule has 84 valence electrons. The smallest absolute Gasteiger partial charge is 0.142 e. The summed E-state index contributed by atoms with van der Waals surface area (Å²) in [7, 11) is 0. The fourth-order valence-corrected chi connectivity index (χ4v) is 2.47. The molecule has 0 aliphatic carbocycles. The Labute approximate surface area is 93.1 Å². The van der Waals surface area contributed by atoms with E-state index in [0.29, 0.717) is 5.92 Å². The Morgan fingerprint density at radius 2 is 2.12 bits per heavy atom. The number of H-pyrrole nitrogens is 1. The summed E-state index contributed by atoms with van der Waals surface area (Å²) in [5.41, 5.74) is 2.00. The minimum absolute atomic E-state index is 0.262. The van der Waals surface area contributed by atoms with Crippen molar-refractivity contribution >= 4 is 11.0 Å². The van der Waals surface area contributed by atoms with Crippen molar-refractivity contribution in [1.82, 2.24) is 15.3 Å². The number of hydrogen-bond acceptors (Lipinski definition) is 2. The van der Waals surface area contributed by atoms with Gasteiger partial charge in [-0.1, -0.05) is 0 Å². The van der Waals surface area contributed by atoms with Gasteiger partial charge in [0.15, 0.2) is 0 Å². The van der Waals surface area contributed by atoms with E-state index in [1.54, 1.807) is 6.07 Å². The number of fused-ring (bicyclic) bond motifs is 1. The minimum atomic E-state index is -0.262. The number of aromatic nitrogens is 2. The van der Waals surface area contributed by atoms with Gasteiger partial charge in [-0.3, -0.25) is 0 Å². The highest BCUT2D eigenvalue weighted by molar-refractivity contribution is 5.80. The molecule has 0 saturated carbocycles. The van der Waals surface area contributed by atoms with E-state index >= 15 is 0 Å². The molecule has 2 N–H and O–H groups in total. The standard InChI is InChI=1S/C12H14FN3/c13-9-5-10-11(7-16-12(10)15-6-9)8-1-3-14-4-2-8/h5-8,14H,1-4H2,(H,15,16). The average Bonchev–Trinajstić information content (AvgIpc) is 2.73. The van der Waals surface area contributed by atoms with Gasteiger partial charge < -0.3 is 10.3 Å². The highest BCUT2D eigenvalue weighted by atomic mass is 19.1. The molecule has 0 unspecified atom stereocenters. The number of halogens is 1. The van der Waals surface area contributed by atoms with Gasteiger partial charge in [-0.2, -0.15) is 0 Å². The Morgan fingerprint density at radius 3 is 2.94 bits per heavy atom. The zero-order valence-corrected chi connectivity index (χ0v) is 8.96. The molecular formula is C12H14FN3. The van der Waals surface area contributed by atoms with Crippen molar-refractivity contribution in [1.29, 1.82) is 0 Å². The Balaban J connectivity index is 2.05. The van der Waals surface area contributed by atoms with Crippen LogP contribution in [0, 0.1) is 5.82 Å². The average molecular weight is 219 g/mol. The van der Waals surface area contributed by atoms with Gasteiger partial charge in [0.25, 0.3) is 0 Å². The lowest BCUT2D eigenvalue weighted by Gasteiger charge is -2.22. The maximum absolute atomic E-state index is 13.2. The number of rotatable bonds is 1. The zero-order chi connectivity index (χ0) is 11.0. The van der Waals surface area contributed by atoms with Crippen LogP contribution in [0.25, 0.3) is 11.0 Å². The quantitative estimate of drug-likeness (QED) is 0.771. The van der Waals surface area contributed by atoms with E-state index in [2.05, 4.69) is 15.3 Å². The van der Waals surface area contributed by atoms with Crippen LogP contribution in [0.4, 0.5) is 4.39 Å². The second kappa shape index (κ2) is 3.87. The molecule has 1 fully saturated rings. The maximum atomic E-state index is 13.2. The van der Waals surface area contributed by atoms with Crippen LogP contribution >= 0.6 is 0 Å². The summed E-state index contributed by atoms with van der Waals surface area (Å²) < 4.78 is 13.2. The second-order valence-corrected chi connectivity index (χ2v) is 4.32. The molecule has 0 amide bonds. The van der Waals surface area contributed by atoms with Crippen LogP contribution in [-0.4, -0.2) is 23.1 Å². The number of hydrogen-bond donors (Lipinski definition) is 2. The Hall–Kier alpha value is -1.42. The molecule has 3 rings (SSSR count). The Morgan fingerprint density at radius 1 is 1.31 bits per heavy atom. The van der Waals surface area contributed by atoms with Crippen LogP contribution < -0.4 is 5.32 Å². The topological polar surface area (TPSA) is 40.7 Å². The first-order valence-corrected chi connectivity index (χ1v) is 5.68. The summed E-state index contributed by atoms with van der Waals surface area (Å²) in [6.45, 7) is 2.08. The summed E-state index contributed by atoms with van der Waals surface area (Å²) in [6, 6.07) is 1.58. The fourth-order valence-electron chi connectivity index (χ4n) is 2.47. The van der Waals surface area contributed by atoms with Crippen LogP contribution in [0.15, 0.2) is 18.5 Å². The van der Waals surface area contributed by atoms with Crippen molar-refractivity contribution < 1.29 is 4.39 Å². The van der Waals surface area contributed by atoms with E-state index in [9.17, 15) is 4.39 Å². The SMILES string of the molecule is Fc1cnc2[nH]cc(C3CCNCC3)c2c1. The molecule has 1 aliphatic heterocycles. The first-order valence-electron chi connectivity index (χ1n) is 5.68. The third-order valence-corrected chi connectivity index (χ3v) is 3.31. The monoisotopic (exact) mass is 219 g/mol. The van der Waals surface area contributed by atoms with Gasteiger partial charge in [0.05, 0.1) is 6.20 Å². The number of pyridine rings is 1. The van der Waals surface area contributed by atoms with Crippen LogP contribution in [0.5, 0.6) is 0 Å². The molecule has 1 aliphatic rings. The molecule has 0 bridgehead atoms. The highest BCUT2D eigenvalue weighted by Crippen LogP contribution is 2.30. The van der Waals surface area contributed by atoms with Crippen molar-refractivity contribution in [3.63, 3.8) is 0 Å². The third-order valence-electron chi connectivity index (χ3n) is 3.31. The highest BCUT2D eigenvalue weighted by Gasteiger charge is 2.18. The molecule has 0 radical (unpaired) electrons. The van der Waals surface area contributed by atoms with Crippen molar-refractivity contribution in [2.75, 3.05) is 13.1 Å². The predicted molar refractivity (Wildman–Crippen MR) is 60.9 cm³/mol. The van der Waals surface area contributed by atoms with E-state index in [1.807, 2.05) is 6.20 Å². The molecule has 2 aromatic heterocycles. The number of aromatic amines is 1. The number of nitrogens with zero attached hydrogens (tertiary/aromatic N) is 1.